The Balaban J connectivity index is 0.000000360. The van der Waals surface area contributed by atoms with Crippen molar-refractivity contribution >= 4 is 17.9 Å². The lowest BCUT2D eigenvalue weighted by Gasteiger charge is -2.36. The standard InChI is InChI=1S/3C13H24O3/c3*1-8(2)11-6-5-9(3)7-12(11)16-13(15)10(4)14/h3*8-12,14H,5-7H2,1-4H3/t9-,10?,11+,12-;9-,10+,11+,12-;/m11./s1. The second-order valence-corrected chi connectivity index (χ2v) is 16.4. The van der Waals surface area contributed by atoms with E-state index in [1.165, 1.54) is 40.0 Å². The van der Waals surface area contributed by atoms with Gasteiger partial charge in [-0.25, -0.2) is 14.4 Å². The first-order chi connectivity index (χ1) is 22.2. The number of aliphatic hydroxyl groups is 3. The molecule has 0 aromatic carbocycles. The van der Waals surface area contributed by atoms with Crippen molar-refractivity contribution in [3.05, 3.63) is 0 Å². The minimum Gasteiger partial charge on any atom is -0.460 e. The minimum atomic E-state index is -1.01. The molecule has 3 fully saturated rings. The maximum absolute atomic E-state index is 11.4. The van der Waals surface area contributed by atoms with Crippen LogP contribution in [0.25, 0.3) is 0 Å². The van der Waals surface area contributed by atoms with Crippen LogP contribution in [-0.2, 0) is 28.6 Å². The highest BCUT2D eigenvalue weighted by Gasteiger charge is 2.36. The normalized spacial score (nSPS) is 32.5. The number of hydrogen-bond acceptors (Lipinski definition) is 9. The number of hydrogen-bond donors (Lipinski definition) is 3. The van der Waals surface area contributed by atoms with Crippen LogP contribution in [0.15, 0.2) is 0 Å². The molecular weight excluding hydrogens is 612 g/mol. The predicted octanol–water partition coefficient (Wildman–Crippen LogP) is 7.11. The summed E-state index contributed by atoms with van der Waals surface area (Å²) in [6, 6.07) is 0. The molecule has 9 heteroatoms. The summed E-state index contributed by atoms with van der Waals surface area (Å²) < 4.78 is 16.2. The van der Waals surface area contributed by atoms with Gasteiger partial charge >= 0.3 is 17.9 Å². The smallest absolute Gasteiger partial charge is 0.334 e. The van der Waals surface area contributed by atoms with Crippen LogP contribution in [-0.4, -0.2) is 69.9 Å². The first-order valence-corrected chi connectivity index (χ1v) is 18.9. The average Bonchev–Trinajstić information content (AvgIpc) is 2.97. The average molecular weight is 685 g/mol. The SMILES string of the molecule is CC(C)[C@@H]1CC[C@@H](C)C[C@H]1OC(=O)[C@H](C)O.CC(O)C(=O)O[C@@H]1C[C@H](C)CC[C@H]1C(C)C.CC1CCC(C(C)C)C(OC(=O)C(C)O)C1. The molecule has 0 aliphatic heterocycles. The zero-order valence-corrected chi connectivity index (χ0v) is 32.3. The third-order valence-corrected chi connectivity index (χ3v) is 10.7. The Hall–Kier alpha value is -1.71. The number of carbonyl (C=O) groups is 3. The number of carbonyl (C=O) groups excluding carboxylic acids is 3. The highest BCUT2D eigenvalue weighted by Crippen LogP contribution is 2.37. The first kappa shape index (κ1) is 44.3. The zero-order valence-electron chi connectivity index (χ0n) is 32.3. The molecule has 0 saturated heterocycles. The van der Waals surface area contributed by atoms with E-state index in [9.17, 15) is 14.4 Å². The van der Waals surface area contributed by atoms with E-state index < -0.39 is 36.2 Å². The second kappa shape index (κ2) is 21.5. The van der Waals surface area contributed by atoms with Gasteiger partial charge in [0.05, 0.1) is 0 Å². The lowest BCUT2D eigenvalue weighted by atomic mass is 9.75. The topological polar surface area (TPSA) is 140 Å². The number of aliphatic hydroxyl groups excluding tert-OH is 3. The molecule has 3 aliphatic rings. The van der Waals surface area contributed by atoms with Gasteiger partial charge in [-0.15, -0.1) is 0 Å². The van der Waals surface area contributed by atoms with Crippen LogP contribution in [0.3, 0.4) is 0 Å². The lowest BCUT2D eigenvalue weighted by Crippen LogP contribution is -2.37. The molecule has 3 rings (SSSR count). The van der Waals surface area contributed by atoms with Gasteiger partial charge < -0.3 is 29.5 Å². The molecule has 0 radical (unpaired) electrons. The summed E-state index contributed by atoms with van der Waals surface area (Å²) in [7, 11) is 0. The third-order valence-electron chi connectivity index (χ3n) is 10.7. The minimum absolute atomic E-state index is 0.00847. The van der Waals surface area contributed by atoms with Crippen molar-refractivity contribution in [1.29, 1.82) is 0 Å². The molecule has 0 bridgehead atoms. The quantitative estimate of drug-likeness (QED) is 0.171. The van der Waals surface area contributed by atoms with Crippen molar-refractivity contribution in [3.63, 3.8) is 0 Å². The van der Waals surface area contributed by atoms with Crippen LogP contribution in [0.4, 0.5) is 0 Å². The molecule has 0 aromatic heterocycles. The second-order valence-electron chi connectivity index (χ2n) is 16.4. The van der Waals surface area contributed by atoms with Crippen LogP contribution in [0, 0.1) is 53.3 Å². The number of esters is 3. The summed E-state index contributed by atoms with van der Waals surface area (Å²) in [6.45, 7) is 24.0. The summed E-state index contributed by atoms with van der Waals surface area (Å²) >= 11 is 0. The van der Waals surface area contributed by atoms with Gasteiger partial charge in [0, 0.05) is 0 Å². The molecule has 48 heavy (non-hydrogen) atoms. The predicted molar refractivity (Wildman–Crippen MR) is 189 cm³/mol. The Labute approximate surface area is 292 Å². The van der Waals surface area contributed by atoms with Crippen molar-refractivity contribution in [2.45, 2.75) is 177 Å². The fourth-order valence-corrected chi connectivity index (χ4v) is 7.49. The van der Waals surface area contributed by atoms with Crippen LogP contribution in [0.2, 0.25) is 0 Å². The maximum Gasteiger partial charge on any atom is 0.334 e. The maximum atomic E-state index is 11.4. The van der Waals surface area contributed by atoms with E-state index in [0.29, 0.717) is 53.3 Å². The van der Waals surface area contributed by atoms with E-state index in [1.54, 1.807) is 0 Å². The van der Waals surface area contributed by atoms with Gasteiger partial charge in [-0.3, -0.25) is 0 Å². The Morgan fingerprint density at radius 3 is 0.812 bits per heavy atom. The largest absolute Gasteiger partial charge is 0.460 e. The monoisotopic (exact) mass is 685 g/mol. The van der Waals surface area contributed by atoms with E-state index in [-0.39, 0.29) is 18.3 Å². The highest BCUT2D eigenvalue weighted by molar-refractivity contribution is 5.74. The van der Waals surface area contributed by atoms with Gasteiger partial charge in [-0.05, 0) is 113 Å². The summed E-state index contributed by atoms with van der Waals surface area (Å²) in [6.07, 6.45) is 6.75. The van der Waals surface area contributed by atoms with Gasteiger partial charge in [0.1, 0.15) is 36.6 Å². The Kier molecular flexibility index (Phi) is 19.8. The lowest BCUT2D eigenvalue weighted by molar-refractivity contribution is -0.165. The summed E-state index contributed by atoms with van der Waals surface area (Å²) in [5.74, 6) is 3.30. The fraction of sp³-hybridized carbons (Fsp3) is 0.923. The molecule has 3 N–H and O–H groups in total. The van der Waals surface area contributed by atoms with Gasteiger partial charge in [0.25, 0.3) is 0 Å². The van der Waals surface area contributed by atoms with Crippen molar-refractivity contribution in [3.8, 4) is 0 Å². The number of ether oxygens (including phenoxy) is 3. The van der Waals surface area contributed by atoms with E-state index in [4.69, 9.17) is 29.5 Å². The molecule has 3 aliphatic carbocycles. The molecule has 0 heterocycles. The molecule has 0 spiro atoms. The Morgan fingerprint density at radius 2 is 0.646 bits per heavy atom. The van der Waals surface area contributed by atoms with Crippen molar-refractivity contribution in [2.24, 2.45) is 53.3 Å². The fourth-order valence-electron chi connectivity index (χ4n) is 7.49. The van der Waals surface area contributed by atoms with Gasteiger partial charge in [-0.1, -0.05) is 81.6 Å². The molecule has 282 valence electrons. The Bertz CT molecular complexity index is 825. The van der Waals surface area contributed by atoms with Crippen LogP contribution in [0.5, 0.6) is 0 Å². The van der Waals surface area contributed by atoms with Crippen LogP contribution < -0.4 is 0 Å². The summed E-state index contributed by atoms with van der Waals surface area (Å²) in [5, 5.41) is 27.5. The molecule has 5 unspecified atom stereocenters. The molecular formula is C39H72O9. The van der Waals surface area contributed by atoms with Crippen LogP contribution >= 0.6 is 0 Å². The highest BCUT2D eigenvalue weighted by atomic mass is 16.6. The van der Waals surface area contributed by atoms with Crippen molar-refractivity contribution in [2.75, 3.05) is 0 Å². The third kappa shape index (κ3) is 15.5. The first-order valence-electron chi connectivity index (χ1n) is 18.9. The van der Waals surface area contributed by atoms with Crippen LogP contribution in [0.1, 0.15) is 141 Å². The zero-order chi connectivity index (χ0) is 36.9. The van der Waals surface area contributed by atoms with E-state index in [0.717, 1.165) is 38.5 Å². The molecule has 0 amide bonds. The van der Waals surface area contributed by atoms with E-state index in [2.05, 4.69) is 62.3 Å². The van der Waals surface area contributed by atoms with Crippen molar-refractivity contribution in [1.82, 2.24) is 0 Å². The molecule has 9 nitrogen and oxygen atoms in total. The number of rotatable bonds is 9. The molecule has 3 saturated carbocycles. The van der Waals surface area contributed by atoms with Gasteiger partial charge in [-0.2, -0.15) is 0 Å². The van der Waals surface area contributed by atoms with E-state index >= 15 is 0 Å². The summed E-state index contributed by atoms with van der Waals surface area (Å²) in [4.78, 5) is 34.2. The van der Waals surface area contributed by atoms with Gasteiger partial charge in [0.2, 0.25) is 0 Å². The summed E-state index contributed by atoms with van der Waals surface area (Å²) in [5.41, 5.74) is 0. The van der Waals surface area contributed by atoms with Crippen molar-refractivity contribution < 1.29 is 43.9 Å². The van der Waals surface area contributed by atoms with E-state index in [1.807, 2.05) is 0 Å². The molecule has 0 aromatic rings. The Morgan fingerprint density at radius 1 is 0.438 bits per heavy atom. The van der Waals surface area contributed by atoms with Gasteiger partial charge in [0.15, 0.2) is 0 Å². The molecule has 12 atom stereocenters.